The van der Waals surface area contributed by atoms with E-state index < -0.39 is 5.41 Å². The number of hydrogen-bond acceptors (Lipinski definition) is 2. The van der Waals surface area contributed by atoms with E-state index in [-0.39, 0.29) is 11.6 Å². The topological polar surface area (TPSA) is 34.1 Å². The van der Waals surface area contributed by atoms with Crippen LogP contribution in [0.15, 0.2) is 35.5 Å². The van der Waals surface area contributed by atoms with Crippen LogP contribution in [0, 0.1) is 5.41 Å². The first-order valence-corrected chi connectivity index (χ1v) is 5.02. The van der Waals surface area contributed by atoms with Crippen molar-refractivity contribution in [3.05, 3.63) is 35.5 Å². The SMILES string of the molecule is CC=CC(=O)C1=C(C)C=CC(=O)C1(C)C. The lowest BCUT2D eigenvalue weighted by Gasteiger charge is -2.28. The standard InChI is InChI=1S/C13H16O2/c1-5-6-10(14)12-9(2)7-8-11(15)13(12,3)4/h5-8H,1-4H3. The Bertz CT molecular complexity index is 393. The molecular formula is C13H16O2. The Labute approximate surface area is 90.4 Å². The molecule has 0 saturated carbocycles. The predicted molar refractivity (Wildman–Crippen MR) is 60.4 cm³/mol. The molecule has 0 aromatic heterocycles. The highest BCUT2D eigenvalue weighted by Gasteiger charge is 2.36. The molecule has 1 rings (SSSR count). The average molecular weight is 204 g/mol. The number of ketones is 2. The summed E-state index contributed by atoms with van der Waals surface area (Å²) < 4.78 is 0. The third kappa shape index (κ3) is 1.99. The molecule has 0 bridgehead atoms. The third-order valence-corrected chi connectivity index (χ3v) is 2.68. The minimum atomic E-state index is -0.699. The van der Waals surface area contributed by atoms with Gasteiger partial charge in [0.25, 0.3) is 0 Å². The molecule has 2 heteroatoms. The fourth-order valence-corrected chi connectivity index (χ4v) is 1.85. The molecule has 0 N–H and O–H groups in total. The molecule has 0 aromatic carbocycles. The molecule has 0 aliphatic heterocycles. The second-order valence-electron chi connectivity index (χ2n) is 4.24. The summed E-state index contributed by atoms with van der Waals surface area (Å²) in [5.41, 5.74) is 0.783. The second-order valence-corrected chi connectivity index (χ2v) is 4.24. The minimum Gasteiger partial charge on any atom is -0.294 e. The van der Waals surface area contributed by atoms with E-state index in [1.54, 1.807) is 39.0 Å². The smallest absolute Gasteiger partial charge is 0.182 e. The van der Waals surface area contributed by atoms with Crippen molar-refractivity contribution in [1.82, 2.24) is 0 Å². The van der Waals surface area contributed by atoms with Gasteiger partial charge >= 0.3 is 0 Å². The van der Waals surface area contributed by atoms with Crippen molar-refractivity contribution in [3.63, 3.8) is 0 Å². The maximum Gasteiger partial charge on any atom is 0.182 e. The molecule has 0 radical (unpaired) electrons. The molecule has 0 fully saturated rings. The molecule has 0 heterocycles. The van der Waals surface area contributed by atoms with Crippen molar-refractivity contribution < 1.29 is 9.59 Å². The molecule has 0 amide bonds. The third-order valence-electron chi connectivity index (χ3n) is 2.68. The van der Waals surface area contributed by atoms with Crippen LogP contribution in [0.25, 0.3) is 0 Å². The summed E-state index contributed by atoms with van der Waals surface area (Å²) in [7, 11) is 0. The van der Waals surface area contributed by atoms with E-state index in [2.05, 4.69) is 0 Å². The van der Waals surface area contributed by atoms with Gasteiger partial charge in [-0.15, -0.1) is 0 Å². The number of rotatable bonds is 2. The van der Waals surface area contributed by atoms with Crippen molar-refractivity contribution in [1.29, 1.82) is 0 Å². The van der Waals surface area contributed by atoms with E-state index in [0.717, 1.165) is 5.57 Å². The van der Waals surface area contributed by atoms with Gasteiger partial charge in [-0.3, -0.25) is 9.59 Å². The molecule has 0 unspecified atom stereocenters. The van der Waals surface area contributed by atoms with Gasteiger partial charge in [-0.05, 0) is 45.4 Å². The Kier molecular flexibility index (Phi) is 3.08. The zero-order valence-corrected chi connectivity index (χ0v) is 9.63. The molecule has 0 saturated heterocycles. The molecule has 2 nitrogen and oxygen atoms in total. The fraction of sp³-hybridized carbons (Fsp3) is 0.385. The predicted octanol–water partition coefficient (Wildman–Crippen LogP) is 2.61. The van der Waals surface area contributed by atoms with E-state index in [1.807, 2.05) is 6.92 Å². The van der Waals surface area contributed by atoms with Gasteiger partial charge in [0.2, 0.25) is 0 Å². The molecule has 15 heavy (non-hydrogen) atoms. The van der Waals surface area contributed by atoms with Gasteiger partial charge in [0.1, 0.15) is 0 Å². The highest BCUT2D eigenvalue weighted by atomic mass is 16.1. The second kappa shape index (κ2) is 3.97. The van der Waals surface area contributed by atoms with Crippen molar-refractivity contribution in [2.24, 2.45) is 5.41 Å². The van der Waals surface area contributed by atoms with Crippen LogP contribution >= 0.6 is 0 Å². The van der Waals surface area contributed by atoms with Crippen LogP contribution in [0.3, 0.4) is 0 Å². The Hall–Kier alpha value is -1.44. The number of carbonyl (C=O) groups excluding carboxylic acids is 2. The van der Waals surface area contributed by atoms with Crippen molar-refractivity contribution in [2.75, 3.05) is 0 Å². The normalized spacial score (nSPS) is 20.1. The quantitative estimate of drug-likeness (QED) is 0.648. The molecule has 0 aromatic rings. The lowest BCUT2D eigenvalue weighted by molar-refractivity contribution is -0.123. The molecule has 1 aliphatic carbocycles. The fourth-order valence-electron chi connectivity index (χ4n) is 1.85. The largest absolute Gasteiger partial charge is 0.294 e. The molecule has 1 aliphatic rings. The van der Waals surface area contributed by atoms with E-state index in [0.29, 0.717) is 5.57 Å². The van der Waals surface area contributed by atoms with Crippen molar-refractivity contribution in [2.45, 2.75) is 27.7 Å². The van der Waals surface area contributed by atoms with Gasteiger partial charge in [-0.25, -0.2) is 0 Å². The van der Waals surface area contributed by atoms with Crippen LogP contribution in [0.1, 0.15) is 27.7 Å². The first-order chi connectivity index (χ1) is 6.91. The zero-order chi connectivity index (χ0) is 11.6. The summed E-state index contributed by atoms with van der Waals surface area (Å²) in [6, 6.07) is 0. The van der Waals surface area contributed by atoms with Gasteiger partial charge in [0.15, 0.2) is 11.6 Å². The minimum absolute atomic E-state index is 0.0130. The monoisotopic (exact) mass is 204 g/mol. The van der Waals surface area contributed by atoms with Crippen LogP contribution in [0.2, 0.25) is 0 Å². The van der Waals surface area contributed by atoms with Gasteiger partial charge in [-0.1, -0.05) is 12.2 Å². The molecule has 0 atom stereocenters. The van der Waals surface area contributed by atoms with Crippen molar-refractivity contribution in [3.8, 4) is 0 Å². The van der Waals surface area contributed by atoms with E-state index in [9.17, 15) is 9.59 Å². The Morgan fingerprint density at radius 1 is 1.33 bits per heavy atom. The highest BCUT2D eigenvalue weighted by molar-refractivity contribution is 6.13. The van der Waals surface area contributed by atoms with Crippen LogP contribution < -0.4 is 0 Å². The summed E-state index contributed by atoms with van der Waals surface area (Å²) in [5.74, 6) is -0.0846. The number of allylic oxidation sites excluding steroid dienone is 6. The summed E-state index contributed by atoms with van der Waals surface area (Å²) in [5, 5.41) is 0. The Morgan fingerprint density at radius 3 is 2.47 bits per heavy atom. The summed E-state index contributed by atoms with van der Waals surface area (Å²) in [6.07, 6.45) is 6.46. The van der Waals surface area contributed by atoms with Crippen LogP contribution in [-0.2, 0) is 9.59 Å². The number of hydrogen-bond donors (Lipinski definition) is 0. The van der Waals surface area contributed by atoms with E-state index >= 15 is 0 Å². The van der Waals surface area contributed by atoms with Gasteiger partial charge in [0, 0.05) is 5.57 Å². The highest BCUT2D eigenvalue weighted by Crippen LogP contribution is 2.34. The van der Waals surface area contributed by atoms with E-state index in [4.69, 9.17) is 0 Å². The summed E-state index contributed by atoms with van der Waals surface area (Å²) >= 11 is 0. The first kappa shape index (κ1) is 11.6. The van der Waals surface area contributed by atoms with Gasteiger partial charge < -0.3 is 0 Å². The average Bonchev–Trinajstić information content (AvgIpc) is 2.12. The van der Waals surface area contributed by atoms with Crippen LogP contribution in [0.4, 0.5) is 0 Å². The summed E-state index contributed by atoms with van der Waals surface area (Å²) in [6.45, 7) is 7.24. The summed E-state index contributed by atoms with van der Waals surface area (Å²) in [4.78, 5) is 23.5. The number of carbonyl (C=O) groups is 2. The maximum atomic E-state index is 11.8. The van der Waals surface area contributed by atoms with Crippen molar-refractivity contribution >= 4 is 11.6 Å². The van der Waals surface area contributed by atoms with Crippen LogP contribution in [-0.4, -0.2) is 11.6 Å². The zero-order valence-electron chi connectivity index (χ0n) is 9.63. The lowest BCUT2D eigenvalue weighted by Crippen LogP contribution is -2.31. The van der Waals surface area contributed by atoms with Gasteiger partial charge in [0.05, 0.1) is 5.41 Å². The van der Waals surface area contributed by atoms with Gasteiger partial charge in [-0.2, -0.15) is 0 Å². The van der Waals surface area contributed by atoms with Crippen LogP contribution in [0.5, 0.6) is 0 Å². The van der Waals surface area contributed by atoms with E-state index in [1.165, 1.54) is 6.08 Å². The first-order valence-electron chi connectivity index (χ1n) is 5.02. The Balaban J connectivity index is 3.28. The molecule has 0 spiro atoms. The maximum absolute atomic E-state index is 11.8. The molecular weight excluding hydrogens is 188 g/mol. The lowest BCUT2D eigenvalue weighted by atomic mass is 9.73. The molecule has 80 valence electrons. The Morgan fingerprint density at radius 2 is 1.93 bits per heavy atom.